The minimum absolute atomic E-state index is 0.0407. The lowest BCUT2D eigenvalue weighted by Gasteiger charge is -2.15. The van der Waals surface area contributed by atoms with E-state index in [2.05, 4.69) is 10.1 Å². The Morgan fingerprint density at radius 2 is 1.97 bits per heavy atom. The van der Waals surface area contributed by atoms with Gasteiger partial charge < -0.3 is 19.1 Å². The second-order valence-electron chi connectivity index (χ2n) is 9.36. The van der Waals surface area contributed by atoms with Crippen LogP contribution in [0.5, 0.6) is 17.4 Å². The molecule has 0 fully saturated rings. The molecule has 0 aliphatic carbocycles. The Kier molecular flexibility index (Phi) is 6.37. The Balaban J connectivity index is 1.44. The lowest BCUT2D eigenvalue weighted by molar-refractivity contribution is 0.0696. The number of carboxylic acids is 1. The summed E-state index contributed by atoms with van der Waals surface area (Å²) in [4.78, 5) is 16.0. The number of pyridine rings is 1. The van der Waals surface area contributed by atoms with Gasteiger partial charge in [-0.1, -0.05) is 35.0 Å². The van der Waals surface area contributed by atoms with Crippen molar-refractivity contribution in [2.75, 3.05) is 0 Å². The highest BCUT2D eigenvalue weighted by Crippen LogP contribution is 2.39. The molecule has 4 aromatic rings. The fraction of sp³-hybridized carbons (Fsp3) is 0.250. The first-order valence-electron chi connectivity index (χ1n) is 11.7. The highest BCUT2D eigenvalue weighted by molar-refractivity contribution is 6.33. The lowest BCUT2D eigenvalue weighted by atomic mass is 9.97. The Labute approximate surface area is 217 Å². The number of ether oxygens (including phenoxy) is 2. The molecular formula is C28H24ClFN2O5. The first-order valence-corrected chi connectivity index (χ1v) is 12.1. The maximum Gasteiger partial charge on any atom is 0.335 e. The van der Waals surface area contributed by atoms with Gasteiger partial charge in [0.2, 0.25) is 5.88 Å². The summed E-state index contributed by atoms with van der Waals surface area (Å²) in [6.07, 6.45) is 1.20. The Hall–Kier alpha value is -3.91. The molecule has 0 saturated carbocycles. The average Bonchev–Trinajstić information content (AvgIpc) is 3.17. The molecule has 9 heteroatoms. The van der Waals surface area contributed by atoms with Crippen molar-refractivity contribution in [3.63, 3.8) is 0 Å². The summed E-state index contributed by atoms with van der Waals surface area (Å²) >= 11 is 6.46. The zero-order valence-corrected chi connectivity index (χ0v) is 21.2. The molecule has 7 nitrogen and oxygen atoms in total. The van der Waals surface area contributed by atoms with Crippen molar-refractivity contribution >= 4 is 17.6 Å². The van der Waals surface area contributed by atoms with Crippen molar-refractivity contribution in [3.8, 4) is 28.6 Å². The summed E-state index contributed by atoms with van der Waals surface area (Å²) in [5.74, 6) is 0.383. The van der Waals surface area contributed by atoms with Crippen LogP contribution >= 0.6 is 11.6 Å². The molecule has 0 atom stereocenters. The Morgan fingerprint density at radius 3 is 2.70 bits per heavy atom. The number of aromatic nitrogens is 2. The van der Waals surface area contributed by atoms with Gasteiger partial charge in [-0.05, 0) is 69.0 Å². The fourth-order valence-electron chi connectivity index (χ4n) is 4.37. The predicted molar refractivity (Wildman–Crippen MR) is 135 cm³/mol. The number of hydrogen-bond acceptors (Lipinski definition) is 6. The number of benzene rings is 2. The highest BCUT2D eigenvalue weighted by atomic mass is 35.5. The molecular weight excluding hydrogens is 499 g/mol. The maximum absolute atomic E-state index is 15.0. The predicted octanol–water partition coefficient (Wildman–Crippen LogP) is 7.07. The van der Waals surface area contributed by atoms with E-state index in [1.54, 1.807) is 30.3 Å². The van der Waals surface area contributed by atoms with Gasteiger partial charge in [0.1, 0.15) is 23.8 Å². The Morgan fingerprint density at radius 1 is 1.16 bits per heavy atom. The molecule has 0 saturated heterocycles. The second kappa shape index (κ2) is 9.52. The van der Waals surface area contributed by atoms with Crippen LogP contribution in [0.25, 0.3) is 11.3 Å². The van der Waals surface area contributed by atoms with Gasteiger partial charge >= 0.3 is 5.97 Å². The summed E-state index contributed by atoms with van der Waals surface area (Å²) in [5, 5.41) is 13.9. The van der Waals surface area contributed by atoms with E-state index in [4.69, 9.17) is 25.6 Å². The minimum atomic E-state index is -1.80. The lowest BCUT2D eigenvalue weighted by Crippen LogP contribution is -2.12. The van der Waals surface area contributed by atoms with E-state index in [1.165, 1.54) is 19.9 Å². The van der Waals surface area contributed by atoms with Crippen LogP contribution in [0.4, 0.5) is 4.39 Å². The van der Waals surface area contributed by atoms with Crippen molar-refractivity contribution in [2.24, 2.45) is 0 Å². The van der Waals surface area contributed by atoms with E-state index in [0.717, 1.165) is 11.1 Å². The molecule has 1 aliphatic heterocycles. The second-order valence-corrected chi connectivity index (χ2v) is 9.76. The topological polar surface area (TPSA) is 94.7 Å². The largest absolute Gasteiger partial charge is 0.478 e. The monoisotopic (exact) mass is 522 g/mol. The van der Waals surface area contributed by atoms with E-state index in [-0.39, 0.29) is 17.9 Å². The van der Waals surface area contributed by atoms with Gasteiger partial charge in [-0.25, -0.2) is 14.2 Å². The van der Waals surface area contributed by atoms with Gasteiger partial charge in [-0.2, -0.15) is 0 Å². The third kappa shape index (κ3) is 4.89. The Bertz CT molecular complexity index is 1490. The molecule has 0 bridgehead atoms. The van der Waals surface area contributed by atoms with Crippen LogP contribution < -0.4 is 9.47 Å². The third-order valence-electron chi connectivity index (χ3n) is 6.22. The molecule has 2 aromatic heterocycles. The normalized spacial score (nSPS) is 12.8. The SMILES string of the molecule is Cc1cccc(Cl)c1-c1noc(C(C)(C)F)c1COc1ccc2c(n1)CCc1ccc(C(=O)O)cc1O2. The first-order chi connectivity index (χ1) is 17.6. The number of aryl methyl sites for hydroxylation is 3. The number of fused-ring (bicyclic) bond motifs is 2. The van der Waals surface area contributed by atoms with Crippen molar-refractivity contribution in [1.29, 1.82) is 0 Å². The van der Waals surface area contributed by atoms with Crippen LogP contribution in [-0.4, -0.2) is 21.2 Å². The standard InChI is InChI=1S/C28H24ClFN2O5/c1-15-5-4-6-19(29)24(15)25-18(26(37-32-25)28(2,3)30)14-35-23-12-11-21-20(31-23)10-9-16-7-8-17(27(33)34)13-22(16)36-21/h4-8,11-13H,9-10,14H2,1-3H3,(H,33,34). The number of carboxylic acid groups (broad SMARTS) is 1. The number of nitrogens with zero attached hydrogens (tertiary/aromatic N) is 2. The summed E-state index contributed by atoms with van der Waals surface area (Å²) in [6, 6.07) is 13.7. The summed E-state index contributed by atoms with van der Waals surface area (Å²) < 4.78 is 32.5. The van der Waals surface area contributed by atoms with E-state index >= 15 is 4.39 Å². The molecule has 0 spiro atoms. The molecule has 3 heterocycles. The smallest absolute Gasteiger partial charge is 0.335 e. The van der Waals surface area contributed by atoms with Crippen LogP contribution in [0, 0.1) is 6.92 Å². The first kappa shape index (κ1) is 24.8. The minimum Gasteiger partial charge on any atom is -0.478 e. The van der Waals surface area contributed by atoms with Gasteiger partial charge in [-0.15, -0.1) is 0 Å². The summed E-state index contributed by atoms with van der Waals surface area (Å²) in [6.45, 7) is 4.64. The van der Waals surface area contributed by atoms with Gasteiger partial charge in [0.25, 0.3) is 0 Å². The summed E-state index contributed by atoms with van der Waals surface area (Å²) in [5.41, 5.74) is 2.32. The molecule has 1 N–H and O–H groups in total. The number of aromatic carboxylic acids is 1. The summed E-state index contributed by atoms with van der Waals surface area (Å²) in [7, 11) is 0. The van der Waals surface area contributed by atoms with Crippen LogP contribution in [0.15, 0.2) is 53.1 Å². The maximum atomic E-state index is 15.0. The van der Waals surface area contributed by atoms with E-state index in [9.17, 15) is 9.90 Å². The molecule has 0 radical (unpaired) electrons. The zero-order chi connectivity index (χ0) is 26.3. The van der Waals surface area contributed by atoms with E-state index < -0.39 is 11.6 Å². The van der Waals surface area contributed by atoms with Crippen molar-refractivity contribution in [3.05, 3.63) is 87.3 Å². The van der Waals surface area contributed by atoms with Gasteiger partial charge in [0.05, 0.1) is 21.8 Å². The number of rotatable bonds is 6. The number of halogens is 2. The zero-order valence-electron chi connectivity index (χ0n) is 20.5. The van der Waals surface area contributed by atoms with E-state index in [1.807, 2.05) is 19.1 Å². The highest BCUT2D eigenvalue weighted by Gasteiger charge is 2.32. The van der Waals surface area contributed by atoms with Gasteiger partial charge in [0.15, 0.2) is 11.4 Å². The van der Waals surface area contributed by atoms with E-state index in [0.29, 0.717) is 57.8 Å². The van der Waals surface area contributed by atoms with Crippen LogP contribution in [0.2, 0.25) is 5.02 Å². The quantitative estimate of drug-likeness (QED) is 0.289. The number of hydrogen-bond donors (Lipinski definition) is 1. The average molecular weight is 523 g/mol. The molecule has 37 heavy (non-hydrogen) atoms. The van der Waals surface area contributed by atoms with Gasteiger partial charge in [-0.3, -0.25) is 0 Å². The number of alkyl halides is 1. The fourth-order valence-corrected chi connectivity index (χ4v) is 4.68. The van der Waals surface area contributed by atoms with Gasteiger partial charge in [0, 0.05) is 11.6 Å². The molecule has 0 amide bonds. The van der Waals surface area contributed by atoms with Crippen LogP contribution in [0.3, 0.4) is 0 Å². The van der Waals surface area contributed by atoms with Crippen molar-refractivity contribution in [1.82, 2.24) is 10.1 Å². The number of carbonyl (C=O) groups is 1. The molecule has 190 valence electrons. The van der Waals surface area contributed by atoms with Crippen LogP contribution in [0.1, 0.15) is 52.3 Å². The molecule has 2 aromatic carbocycles. The van der Waals surface area contributed by atoms with Crippen LogP contribution in [-0.2, 0) is 25.1 Å². The molecule has 1 aliphatic rings. The third-order valence-corrected chi connectivity index (χ3v) is 6.54. The van der Waals surface area contributed by atoms with Crippen molar-refractivity contribution in [2.45, 2.75) is 45.9 Å². The molecule has 5 rings (SSSR count). The molecule has 0 unspecified atom stereocenters. The van der Waals surface area contributed by atoms with Crippen molar-refractivity contribution < 1.29 is 28.3 Å².